The molecule has 18 heavy (non-hydrogen) atoms. The first-order chi connectivity index (χ1) is 8.74. The van der Waals surface area contributed by atoms with E-state index >= 15 is 0 Å². The Labute approximate surface area is 111 Å². The molecule has 0 bridgehead atoms. The Morgan fingerprint density at radius 2 is 1.89 bits per heavy atom. The first kappa shape index (κ1) is 13.6. The van der Waals surface area contributed by atoms with Crippen LogP contribution >= 0.6 is 0 Å². The Morgan fingerprint density at radius 3 is 2.61 bits per heavy atom. The summed E-state index contributed by atoms with van der Waals surface area (Å²) in [6.45, 7) is 2.16. The summed E-state index contributed by atoms with van der Waals surface area (Å²) in [5.41, 5.74) is 2.85. The number of aliphatic hydroxyl groups excluding tert-OH is 1. The van der Waals surface area contributed by atoms with E-state index < -0.39 is 0 Å². The predicted molar refractivity (Wildman–Crippen MR) is 76.7 cm³/mol. The SMILES string of the molecule is Cc1cccc(CCCCC2CCC(O)CC2)c1. The second-order valence-electron chi connectivity index (χ2n) is 5.91. The zero-order chi connectivity index (χ0) is 12.8. The summed E-state index contributed by atoms with van der Waals surface area (Å²) in [4.78, 5) is 0. The molecule has 100 valence electrons. The molecule has 2 rings (SSSR count). The van der Waals surface area contributed by atoms with E-state index in [1.165, 1.54) is 49.7 Å². The molecule has 0 radical (unpaired) electrons. The number of benzene rings is 1. The first-order valence-electron chi connectivity index (χ1n) is 7.47. The highest BCUT2D eigenvalue weighted by atomic mass is 16.3. The van der Waals surface area contributed by atoms with Crippen LogP contribution in [0.5, 0.6) is 0 Å². The van der Waals surface area contributed by atoms with Gasteiger partial charge in [0.05, 0.1) is 6.10 Å². The first-order valence-corrected chi connectivity index (χ1v) is 7.47. The van der Waals surface area contributed by atoms with Crippen molar-refractivity contribution < 1.29 is 5.11 Å². The molecule has 1 aromatic carbocycles. The number of unbranched alkanes of at least 4 members (excludes halogenated alkanes) is 1. The summed E-state index contributed by atoms with van der Waals surface area (Å²) in [5.74, 6) is 0.880. The van der Waals surface area contributed by atoms with Gasteiger partial charge in [-0.2, -0.15) is 0 Å². The topological polar surface area (TPSA) is 20.2 Å². The second kappa shape index (κ2) is 6.94. The van der Waals surface area contributed by atoms with Crippen LogP contribution in [0.2, 0.25) is 0 Å². The molecular weight excluding hydrogens is 220 g/mol. The third-order valence-corrected chi connectivity index (χ3v) is 4.23. The van der Waals surface area contributed by atoms with Gasteiger partial charge in [0, 0.05) is 0 Å². The van der Waals surface area contributed by atoms with Crippen molar-refractivity contribution in [3.8, 4) is 0 Å². The quantitative estimate of drug-likeness (QED) is 0.770. The van der Waals surface area contributed by atoms with Crippen LogP contribution in [0.3, 0.4) is 0 Å². The van der Waals surface area contributed by atoms with Crippen molar-refractivity contribution in [2.45, 2.75) is 64.4 Å². The molecule has 0 aromatic heterocycles. The van der Waals surface area contributed by atoms with E-state index in [4.69, 9.17) is 0 Å². The van der Waals surface area contributed by atoms with Crippen LogP contribution in [-0.2, 0) is 6.42 Å². The van der Waals surface area contributed by atoms with Crippen molar-refractivity contribution in [3.05, 3.63) is 35.4 Å². The van der Waals surface area contributed by atoms with Crippen molar-refractivity contribution in [1.82, 2.24) is 0 Å². The molecule has 0 aliphatic heterocycles. The summed E-state index contributed by atoms with van der Waals surface area (Å²) in [6, 6.07) is 8.87. The van der Waals surface area contributed by atoms with Gasteiger partial charge >= 0.3 is 0 Å². The molecular formula is C17H26O. The summed E-state index contributed by atoms with van der Waals surface area (Å²) in [6.07, 6.45) is 9.77. The smallest absolute Gasteiger partial charge is 0.0540 e. The van der Waals surface area contributed by atoms with E-state index in [1.807, 2.05) is 0 Å². The van der Waals surface area contributed by atoms with Gasteiger partial charge in [0.25, 0.3) is 0 Å². The van der Waals surface area contributed by atoms with Gasteiger partial charge in [-0.25, -0.2) is 0 Å². The summed E-state index contributed by atoms with van der Waals surface area (Å²) >= 11 is 0. The summed E-state index contributed by atoms with van der Waals surface area (Å²) in [7, 11) is 0. The Kier molecular flexibility index (Phi) is 5.25. The fourth-order valence-corrected chi connectivity index (χ4v) is 3.06. The Bertz CT molecular complexity index is 350. The molecule has 1 aromatic rings. The largest absolute Gasteiger partial charge is 0.393 e. The molecule has 0 spiro atoms. The average molecular weight is 246 g/mol. The van der Waals surface area contributed by atoms with Crippen LogP contribution in [0.1, 0.15) is 56.1 Å². The molecule has 1 saturated carbocycles. The minimum atomic E-state index is -0.00598. The van der Waals surface area contributed by atoms with Crippen LogP contribution in [0, 0.1) is 12.8 Å². The van der Waals surface area contributed by atoms with E-state index in [0.717, 1.165) is 18.8 Å². The molecule has 1 N–H and O–H groups in total. The van der Waals surface area contributed by atoms with Crippen LogP contribution in [0.4, 0.5) is 0 Å². The highest BCUT2D eigenvalue weighted by Gasteiger charge is 2.18. The summed E-state index contributed by atoms with van der Waals surface area (Å²) in [5, 5.41) is 9.47. The summed E-state index contributed by atoms with van der Waals surface area (Å²) < 4.78 is 0. The number of aliphatic hydroxyl groups is 1. The minimum Gasteiger partial charge on any atom is -0.393 e. The highest BCUT2D eigenvalue weighted by molar-refractivity contribution is 5.22. The van der Waals surface area contributed by atoms with Gasteiger partial charge in [0.15, 0.2) is 0 Å². The Hall–Kier alpha value is -0.820. The van der Waals surface area contributed by atoms with Crippen molar-refractivity contribution in [2.75, 3.05) is 0 Å². The van der Waals surface area contributed by atoms with E-state index in [2.05, 4.69) is 31.2 Å². The van der Waals surface area contributed by atoms with Gasteiger partial charge in [-0.15, -0.1) is 0 Å². The van der Waals surface area contributed by atoms with E-state index in [0.29, 0.717) is 0 Å². The number of rotatable bonds is 5. The van der Waals surface area contributed by atoms with Gasteiger partial charge < -0.3 is 5.11 Å². The third kappa shape index (κ3) is 4.45. The molecule has 0 amide bonds. The molecule has 0 atom stereocenters. The lowest BCUT2D eigenvalue weighted by molar-refractivity contribution is 0.106. The lowest BCUT2D eigenvalue weighted by atomic mass is 9.84. The fourth-order valence-electron chi connectivity index (χ4n) is 3.06. The van der Waals surface area contributed by atoms with Gasteiger partial charge in [-0.1, -0.05) is 42.7 Å². The second-order valence-corrected chi connectivity index (χ2v) is 5.91. The molecule has 1 heteroatoms. The van der Waals surface area contributed by atoms with Crippen molar-refractivity contribution >= 4 is 0 Å². The number of hydrogen-bond acceptors (Lipinski definition) is 1. The molecule has 1 aliphatic rings. The van der Waals surface area contributed by atoms with Gasteiger partial charge in [-0.05, 0) is 56.9 Å². The zero-order valence-electron chi connectivity index (χ0n) is 11.6. The normalized spacial score (nSPS) is 24.1. The number of hydrogen-bond donors (Lipinski definition) is 1. The average Bonchev–Trinajstić information content (AvgIpc) is 2.37. The van der Waals surface area contributed by atoms with Crippen molar-refractivity contribution in [2.24, 2.45) is 5.92 Å². The number of aryl methyl sites for hydroxylation is 2. The predicted octanol–water partition coefficient (Wildman–Crippen LogP) is 4.26. The molecule has 0 saturated heterocycles. The minimum absolute atomic E-state index is 0.00598. The maximum atomic E-state index is 9.47. The standard InChI is InChI=1S/C17H26O/c1-14-5-4-8-16(13-14)7-3-2-6-15-9-11-17(18)12-10-15/h4-5,8,13,15,17-18H,2-3,6-7,9-12H2,1H3. The van der Waals surface area contributed by atoms with Crippen molar-refractivity contribution in [3.63, 3.8) is 0 Å². The zero-order valence-corrected chi connectivity index (χ0v) is 11.6. The monoisotopic (exact) mass is 246 g/mol. The molecule has 1 fully saturated rings. The van der Waals surface area contributed by atoms with E-state index in [9.17, 15) is 5.11 Å². The lowest BCUT2D eigenvalue weighted by Gasteiger charge is -2.25. The molecule has 1 aliphatic carbocycles. The Morgan fingerprint density at radius 1 is 1.11 bits per heavy atom. The van der Waals surface area contributed by atoms with Gasteiger partial charge in [0.1, 0.15) is 0 Å². The van der Waals surface area contributed by atoms with Crippen molar-refractivity contribution in [1.29, 1.82) is 0 Å². The fraction of sp³-hybridized carbons (Fsp3) is 0.647. The molecule has 1 nitrogen and oxygen atoms in total. The molecule has 0 unspecified atom stereocenters. The van der Waals surface area contributed by atoms with Crippen LogP contribution in [0.25, 0.3) is 0 Å². The van der Waals surface area contributed by atoms with Crippen LogP contribution in [0.15, 0.2) is 24.3 Å². The van der Waals surface area contributed by atoms with E-state index in [1.54, 1.807) is 0 Å². The third-order valence-electron chi connectivity index (χ3n) is 4.23. The molecule has 0 heterocycles. The maximum Gasteiger partial charge on any atom is 0.0540 e. The maximum absolute atomic E-state index is 9.47. The van der Waals surface area contributed by atoms with E-state index in [-0.39, 0.29) is 6.10 Å². The van der Waals surface area contributed by atoms with Gasteiger partial charge in [0.2, 0.25) is 0 Å². The highest BCUT2D eigenvalue weighted by Crippen LogP contribution is 2.28. The van der Waals surface area contributed by atoms with Gasteiger partial charge in [-0.3, -0.25) is 0 Å². The van der Waals surface area contributed by atoms with Crippen LogP contribution < -0.4 is 0 Å². The van der Waals surface area contributed by atoms with Crippen LogP contribution in [-0.4, -0.2) is 11.2 Å². The Balaban J connectivity index is 1.61. The lowest BCUT2D eigenvalue weighted by Crippen LogP contribution is -2.18.